The first-order valence-corrected chi connectivity index (χ1v) is 8.01. The number of carbonyl (C=O) groups excluding carboxylic acids is 1. The standard InChI is InChI=1S/C14H14FNO2S2/c1-2-18-13(17)7-11-9-20-14(16-11)19-8-10-5-3-4-6-12(10)15/h3-6,9H,2,7-8H2,1H3. The molecule has 0 aliphatic carbocycles. The van der Waals surface area contributed by atoms with Crippen molar-refractivity contribution in [2.75, 3.05) is 6.61 Å². The van der Waals surface area contributed by atoms with Gasteiger partial charge in [0.05, 0.1) is 18.7 Å². The summed E-state index contributed by atoms with van der Waals surface area (Å²) in [6.07, 6.45) is 0.185. The average molecular weight is 311 g/mol. The summed E-state index contributed by atoms with van der Waals surface area (Å²) < 4.78 is 19.2. The van der Waals surface area contributed by atoms with Gasteiger partial charge in [-0.2, -0.15) is 0 Å². The molecule has 1 aromatic carbocycles. The molecule has 2 rings (SSSR count). The van der Waals surface area contributed by atoms with Crippen LogP contribution in [0.1, 0.15) is 18.2 Å². The van der Waals surface area contributed by atoms with E-state index in [4.69, 9.17) is 4.74 Å². The monoisotopic (exact) mass is 311 g/mol. The maximum atomic E-state index is 13.5. The van der Waals surface area contributed by atoms with Gasteiger partial charge in [0.25, 0.3) is 0 Å². The number of ether oxygens (including phenoxy) is 1. The summed E-state index contributed by atoms with van der Waals surface area (Å²) in [5, 5.41) is 1.83. The maximum Gasteiger partial charge on any atom is 0.311 e. The number of benzene rings is 1. The maximum absolute atomic E-state index is 13.5. The number of thiazole rings is 1. The van der Waals surface area contributed by atoms with Crippen LogP contribution in [0.3, 0.4) is 0 Å². The second-order valence-corrected chi connectivity index (χ2v) is 6.05. The molecule has 0 saturated carbocycles. The molecule has 0 spiro atoms. The minimum atomic E-state index is -0.275. The Kier molecular flexibility index (Phi) is 5.55. The second kappa shape index (κ2) is 7.40. The first-order valence-electron chi connectivity index (χ1n) is 6.15. The van der Waals surface area contributed by atoms with E-state index in [2.05, 4.69) is 4.98 Å². The molecule has 1 aromatic heterocycles. The molecule has 0 radical (unpaired) electrons. The molecule has 106 valence electrons. The molecule has 0 unspecified atom stereocenters. The number of esters is 1. The van der Waals surface area contributed by atoms with Gasteiger partial charge >= 0.3 is 5.97 Å². The molecule has 0 aliphatic rings. The highest BCUT2D eigenvalue weighted by Gasteiger charge is 2.09. The van der Waals surface area contributed by atoms with Crippen LogP contribution in [0.25, 0.3) is 0 Å². The van der Waals surface area contributed by atoms with Gasteiger partial charge in [-0.25, -0.2) is 9.37 Å². The molecule has 0 aliphatic heterocycles. The van der Waals surface area contributed by atoms with Crippen molar-refractivity contribution in [3.63, 3.8) is 0 Å². The Balaban J connectivity index is 1.90. The van der Waals surface area contributed by atoms with E-state index in [-0.39, 0.29) is 18.2 Å². The Hall–Kier alpha value is -1.40. The molecule has 0 atom stereocenters. The average Bonchev–Trinajstić information content (AvgIpc) is 2.85. The summed E-state index contributed by atoms with van der Waals surface area (Å²) in [5.74, 6) is 0.0470. The molecule has 2 aromatic rings. The Labute approximate surface area is 125 Å². The van der Waals surface area contributed by atoms with Crippen molar-refractivity contribution in [1.82, 2.24) is 4.98 Å². The topological polar surface area (TPSA) is 39.2 Å². The van der Waals surface area contributed by atoms with Crippen LogP contribution in [-0.4, -0.2) is 17.6 Å². The Morgan fingerprint density at radius 3 is 3.00 bits per heavy atom. The van der Waals surface area contributed by atoms with Gasteiger partial charge in [0, 0.05) is 11.1 Å². The van der Waals surface area contributed by atoms with Crippen LogP contribution < -0.4 is 0 Å². The van der Waals surface area contributed by atoms with Gasteiger partial charge in [0.15, 0.2) is 0 Å². The van der Waals surface area contributed by atoms with E-state index >= 15 is 0 Å². The predicted molar refractivity (Wildman–Crippen MR) is 78.4 cm³/mol. The first kappa shape index (κ1) is 15.0. The van der Waals surface area contributed by atoms with Crippen LogP contribution in [-0.2, 0) is 21.7 Å². The van der Waals surface area contributed by atoms with Crippen molar-refractivity contribution in [3.05, 3.63) is 46.7 Å². The fourth-order valence-corrected chi connectivity index (χ4v) is 3.38. The van der Waals surface area contributed by atoms with E-state index in [1.807, 2.05) is 11.4 Å². The third kappa shape index (κ3) is 4.31. The van der Waals surface area contributed by atoms with Gasteiger partial charge in [-0.1, -0.05) is 30.0 Å². The molecule has 6 heteroatoms. The number of thioether (sulfide) groups is 1. The van der Waals surface area contributed by atoms with E-state index in [1.54, 1.807) is 19.1 Å². The number of nitrogens with zero attached hydrogens (tertiary/aromatic N) is 1. The zero-order chi connectivity index (χ0) is 14.4. The van der Waals surface area contributed by atoms with Crippen molar-refractivity contribution in [1.29, 1.82) is 0 Å². The Bertz CT molecular complexity index is 586. The van der Waals surface area contributed by atoms with Crippen LogP contribution in [0, 0.1) is 5.82 Å². The Morgan fingerprint density at radius 1 is 1.45 bits per heavy atom. The third-order valence-electron chi connectivity index (χ3n) is 2.47. The van der Waals surface area contributed by atoms with Gasteiger partial charge in [-0.3, -0.25) is 4.79 Å². The van der Waals surface area contributed by atoms with Crippen molar-refractivity contribution in [3.8, 4) is 0 Å². The second-order valence-electron chi connectivity index (χ2n) is 3.97. The molecule has 3 nitrogen and oxygen atoms in total. The lowest BCUT2D eigenvalue weighted by Gasteiger charge is -2.00. The zero-order valence-corrected chi connectivity index (χ0v) is 12.6. The lowest BCUT2D eigenvalue weighted by molar-refractivity contribution is -0.142. The summed E-state index contributed by atoms with van der Waals surface area (Å²) in [4.78, 5) is 15.7. The van der Waals surface area contributed by atoms with E-state index in [0.717, 1.165) is 4.34 Å². The summed E-state index contributed by atoms with van der Waals surface area (Å²) in [6, 6.07) is 6.69. The first-order chi connectivity index (χ1) is 9.69. The lowest BCUT2D eigenvalue weighted by Crippen LogP contribution is -2.07. The van der Waals surface area contributed by atoms with Crippen molar-refractivity contribution in [2.24, 2.45) is 0 Å². The number of hydrogen-bond donors (Lipinski definition) is 0. The largest absolute Gasteiger partial charge is 0.466 e. The molecule has 1 heterocycles. The van der Waals surface area contributed by atoms with Crippen molar-refractivity contribution >= 4 is 29.1 Å². The lowest BCUT2D eigenvalue weighted by atomic mass is 10.2. The fourth-order valence-electron chi connectivity index (χ4n) is 1.55. The van der Waals surface area contributed by atoms with Gasteiger partial charge in [-0.05, 0) is 18.6 Å². The van der Waals surface area contributed by atoms with Crippen LogP contribution >= 0.6 is 23.1 Å². The molecular weight excluding hydrogens is 297 g/mol. The van der Waals surface area contributed by atoms with Crippen LogP contribution in [0.15, 0.2) is 34.0 Å². The fraction of sp³-hybridized carbons (Fsp3) is 0.286. The number of hydrogen-bond acceptors (Lipinski definition) is 5. The summed E-state index contributed by atoms with van der Waals surface area (Å²) in [7, 11) is 0. The van der Waals surface area contributed by atoms with Crippen LogP contribution in [0.4, 0.5) is 4.39 Å². The molecule has 0 saturated heterocycles. The molecule has 0 bridgehead atoms. The number of rotatable bonds is 6. The SMILES string of the molecule is CCOC(=O)Cc1csc(SCc2ccccc2F)n1. The van der Waals surface area contributed by atoms with Crippen molar-refractivity contribution in [2.45, 2.75) is 23.4 Å². The number of carbonyl (C=O) groups is 1. The highest BCUT2D eigenvalue weighted by molar-refractivity contribution is 8.00. The summed E-state index contributed by atoms with van der Waals surface area (Å²) in [5.41, 5.74) is 1.35. The molecule has 0 fully saturated rings. The molecule has 0 amide bonds. The van der Waals surface area contributed by atoms with Gasteiger partial charge in [0.2, 0.25) is 0 Å². The summed E-state index contributed by atoms with van der Waals surface area (Å²) in [6.45, 7) is 2.15. The third-order valence-corrected chi connectivity index (χ3v) is 4.59. The minimum absolute atomic E-state index is 0.185. The van der Waals surface area contributed by atoms with Crippen LogP contribution in [0.5, 0.6) is 0 Å². The van der Waals surface area contributed by atoms with E-state index in [0.29, 0.717) is 23.6 Å². The normalized spacial score (nSPS) is 10.5. The molecular formula is C14H14FNO2S2. The smallest absolute Gasteiger partial charge is 0.311 e. The summed E-state index contributed by atoms with van der Waals surface area (Å²) >= 11 is 2.92. The van der Waals surface area contributed by atoms with Crippen LogP contribution in [0.2, 0.25) is 0 Å². The number of aromatic nitrogens is 1. The van der Waals surface area contributed by atoms with Gasteiger partial charge in [0.1, 0.15) is 10.2 Å². The van der Waals surface area contributed by atoms with Gasteiger partial charge in [-0.15, -0.1) is 11.3 Å². The van der Waals surface area contributed by atoms with E-state index < -0.39 is 0 Å². The molecule has 0 N–H and O–H groups in total. The van der Waals surface area contributed by atoms with Crippen molar-refractivity contribution < 1.29 is 13.9 Å². The minimum Gasteiger partial charge on any atom is -0.466 e. The molecule has 20 heavy (non-hydrogen) atoms. The van der Waals surface area contributed by atoms with Gasteiger partial charge < -0.3 is 4.74 Å². The quantitative estimate of drug-likeness (QED) is 0.602. The predicted octanol–water partition coefficient (Wildman–Crippen LogP) is 3.68. The zero-order valence-electron chi connectivity index (χ0n) is 11.0. The highest BCUT2D eigenvalue weighted by atomic mass is 32.2. The highest BCUT2D eigenvalue weighted by Crippen LogP contribution is 2.27. The van der Waals surface area contributed by atoms with E-state index in [9.17, 15) is 9.18 Å². The van der Waals surface area contributed by atoms with E-state index in [1.165, 1.54) is 29.2 Å². The Morgan fingerprint density at radius 2 is 2.25 bits per heavy atom. The number of halogens is 1.